The number of halogens is 1. The zero-order valence-corrected chi connectivity index (χ0v) is 11.9. The Hall–Kier alpha value is -1.59. The van der Waals surface area contributed by atoms with Crippen molar-refractivity contribution in [1.29, 1.82) is 0 Å². The van der Waals surface area contributed by atoms with E-state index in [1.165, 1.54) is 4.90 Å². The molecule has 6 heteroatoms. The van der Waals surface area contributed by atoms with Crippen molar-refractivity contribution >= 4 is 29.2 Å². The number of nitrogens with zero attached hydrogens (tertiary/aromatic N) is 1. The van der Waals surface area contributed by atoms with Crippen molar-refractivity contribution in [3.8, 4) is 0 Å². The first-order valence-corrected chi connectivity index (χ1v) is 6.14. The number of hydrogen-bond donors (Lipinski definition) is 2. The van der Waals surface area contributed by atoms with Crippen LogP contribution in [0.5, 0.6) is 0 Å². The van der Waals surface area contributed by atoms with Gasteiger partial charge in [-0.1, -0.05) is 11.6 Å². The lowest BCUT2D eigenvalue weighted by molar-refractivity contribution is -0.137. The number of carbonyl (C=O) groups is 2. The van der Waals surface area contributed by atoms with Crippen LogP contribution in [0.3, 0.4) is 0 Å². The van der Waals surface area contributed by atoms with Crippen molar-refractivity contribution in [3.05, 3.63) is 29.3 Å². The number of aliphatic carboxylic acids is 1. The Labute approximate surface area is 117 Å². The van der Waals surface area contributed by atoms with E-state index in [0.717, 1.165) is 0 Å². The molecule has 0 aliphatic rings. The number of amides is 1. The normalized spacial score (nSPS) is 11.2. The van der Waals surface area contributed by atoms with Crippen LogP contribution in [0.4, 0.5) is 5.69 Å². The van der Waals surface area contributed by atoms with Gasteiger partial charge in [0.1, 0.15) is 6.54 Å². The summed E-state index contributed by atoms with van der Waals surface area (Å²) in [6.45, 7) is 2.99. The van der Waals surface area contributed by atoms with Gasteiger partial charge in [-0.15, -0.1) is 0 Å². The Balaban J connectivity index is 3.11. The molecule has 0 aliphatic carbocycles. The molecular formula is C13H17ClN2O3. The third-order valence-electron chi connectivity index (χ3n) is 2.84. The summed E-state index contributed by atoms with van der Waals surface area (Å²) in [5, 5.41) is 12.3. The molecule has 0 saturated carbocycles. The number of carbonyl (C=O) groups excluding carboxylic acids is 1. The van der Waals surface area contributed by atoms with E-state index in [2.05, 4.69) is 5.32 Å². The number of carboxylic acids is 1. The molecule has 19 heavy (non-hydrogen) atoms. The molecule has 0 spiro atoms. The molecule has 0 aliphatic heterocycles. The summed E-state index contributed by atoms with van der Waals surface area (Å²) in [5.41, 5.74) is -0.352. The molecule has 0 saturated heterocycles. The van der Waals surface area contributed by atoms with E-state index in [1.807, 2.05) is 0 Å². The predicted molar refractivity (Wildman–Crippen MR) is 74.6 cm³/mol. The molecule has 104 valence electrons. The number of nitrogens with one attached hydrogen (secondary N) is 1. The van der Waals surface area contributed by atoms with Gasteiger partial charge in [-0.2, -0.15) is 0 Å². The average Bonchev–Trinajstić information content (AvgIpc) is 2.36. The molecule has 0 fully saturated rings. The Kier molecular flexibility index (Phi) is 4.91. The second-order valence-electron chi connectivity index (χ2n) is 4.64. The van der Waals surface area contributed by atoms with Gasteiger partial charge in [0, 0.05) is 10.7 Å². The zero-order valence-electron chi connectivity index (χ0n) is 11.1. The highest BCUT2D eigenvalue weighted by atomic mass is 35.5. The second kappa shape index (κ2) is 6.04. The first-order valence-electron chi connectivity index (χ1n) is 5.76. The van der Waals surface area contributed by atoms with Crippen LogP contribution in [-0.4, -0.2) is 36.1 Å². The van der Waals surface area contributed by atoms with E-state index in [0.29, 0.717) is 10.7 Å². The van der Waals surface area contributed by atoms with E-state index in [1.54, 1.807) is 45.2 Å². The fourth-order valence-corrected chi connectivity index (χ4v) is 1.61. The minimum absolute atomic E-state index is 0.320. The molecule has 0 radical (unpaired) electrons. The van der Waals surface area contributed by atoms with E-state index in [9.17, 15) is 9.59 Å². The number of carboxylic acid groups (broad SMARTS) is 1. The lowest BCUT2D eigenvalue weighted by atomic mass is 10.0. The molecule has 0 heterocycles. The van der Waals surface area contributed by atoms with Crippen LogP contribution in [0.25, 0.3) is 0 Å². The van der Waals surface area contributed by atoms with Crippen LogP contribution in [0.1, 0.15) is 13.8 Å². The van der Waals surface area contributed by atoms with Gasteiger partial charge in [0.25, 0.3) is 0 Å². The smallest absolute Gasteiger partial charge is 0.323 e. The summed E-state index contributed by atoms with van der Waals surface area (Å²) in [4.78, 5) is 24.5. The maximum absolute atomic E-state index is 12.4. The van der Waals surface area contributed by atoms with Crippen molar-refractivity contribution in [1.82, 2.24) is 5.32 Å². The van der Waals surface area contributed by atoms with E-state index in [-0.39, 0.29) is 5.91 Å². The van der Waals surface area contributed by atoms with E-state index in [4.69, 9.17) is 16.7 Å². The summed E-state index contributed by atoms with van der Waals surface area (Å²) in [6.07, 6.45) is 0. The maximum atomic E-state index is 12.4. The van der Waals surface area contributed by atoms with Gasteiger partial charge >= 0.3 is 5.97 Å². The molecule has 2 N–H and O–H groups in total. The van der Waals surface area contributed by atoms with Crippen molar-refractivity contribution in [2.75, 3.05) is 18.5 Å². The van der Waals surface area contributed by atoms with Crippen LogP contribution < -0.4 is 10.2 Å². The van der Waals surface area contributed by atoms with Crippen LogP contribution in [-0.2, 0) is 9.59 Å². The Morgan fingerprint density at radius 3 is 2.26 bits per heavy atom. The molecule has 0 unspecified atom stereocenters. The Morgan fingerprint density at radius 2 is 1.84 bits per heavy atom. The Bertz CT molecular complexity index is 471. The number of likely N-dealkylation sites (N-methyl/N-ethyl adjacent to an activating group) is 1. The van der Waals surface area contributed by atoms with E-state index >= 15 is 0 Å². The van der Waals surface area contributed by atoms with Gasteiger partial charge in [0.15, 0.2) is 0 Å². The molecule has 1 amide bonds. The topological polar surface area (TPSA) is 69.6 Å². The second-order valence-corrected chi connectivity index (χ2v) is 5.07. The van der Waals surface area contributed by atoms with Crippen molar-refractivity contribution in [3.63, 3.8) is 0 Å². The largest absolute Gasteiger partial charge is 0.480 e. The van der Waals surface area contributed by atoms with Crippen molar-refractivity contribution in [2.45, 2.75) is 19.4 Å². The first kappa shape index (κ1) is 15.5. The van der Waals surface area contributed by atoms with Gasteiger partial charge in [0.2, 0.25) is 5.91 Å². The standard InChI is InChI=1S/C13H17ClN2O3/c1-13(2,15-3)12(19)16(8-11(17)18)10-6-4-9(14)5-7-10/h4-7,15H,8H2,1-3H3,(H,17,18). The van der Waals surface area contributed by atoms with Gasteiger partial charge < -0.3 is 10.4 Å². The SMILES string of the molecule is CNC(C)(C)C(=O)N(CC(=O)O)c1ccc(Cl)cc1. The average molecular weight is 285 g/mol. The molecule has 0 aromatic heterocycles. The third kappa shape index (κ3) is 3.94. The molecule has 0 atom stereocenters. The summed E-state index contributed by atoms with van der Waals surface area (Å²) in [6, 6.07) is 6.47. The maximum Gasteiger partial charge on any atom is 0.323 e. The minimum Gasteiger partial charge on any atom is -0.480 e. The van der Waals surface area contributed by atoms with Crippen LogP contribution in [0, 0.1) is 0 Å². The van der Waals surface area contributed by atoms with Crippen LogP contribution in [0.15, 0.2) is 24.3 Å². The Morgan fingerprint density at radius 1 is 1.32 bits per heavy atom. The predicted octanol–water partition coefficient (Wildman–Crippen LogP) is 1.76. The van der Waals surface area contributed by atoms with Crippen LogP contribution in [0.2, 0.25) is 5.02 Å². The third-order valence-corrected chi connectivity index (χ3v) is 3.09. The van der Waals surface area contributed by atoms with Crippen LogP contribution >= 0.6 is 11.6 Å². The first-order chi connectivity index (χ1) is 8.77. The summed E-state index contributed by atoms with van der Waals surface area (Å²) >= 11 is 5.79. The lowest BCUT2D eigenvalue weighted by Crippen LogP contribution is -2.54. The summed E-state index contributed by atoms with van der Waals surface area (Å²) in [7, 11) is 1.65. The fourth-order valence-electron chi connectivity index (χ4n) is 1.48. The highest BCUT2D eigenvalue weighted by Crippen LogP contribution is 2.20. The molecule has 1 rings (SSSR count). The summed E-state index contributed by atoms with van der Waals surface area (Å²) in [5.74, 6) is -1.39. The molecule has 5 nitrogen and oxygen atoms in total. The van der Waals surface area contributed by atoms with Gasteiger partial charge in [-0.3, -0.25) is 14.5 Å². The van der Waals surface area contributed by atoms with Gasteiger partial charge in [-0.25, -0.2) is 0 Å². The lowest BCUT2D eigenvalue weighted by Gasteiger charge is -2.30. The molecular weight excluding hydrogens is 268 g/mol. The highest BCUT2D eigenvalue weighted by molar-refractivity contribution is 6.30. The number of benzene rings is 1. The van der Waals surface area contributed by atoms with Crippen molar-refractivity contribution in [2.24, 2.45) is 0 Å². The van der Waals surface area contributed by atoms with Gasteiger partial charge in [-0.05, 0) is 45.2 Å². The monoisotopic (exact) mass is 284 g/mol. The minimum atomic E-state index is -1.07. The number of rotatable bonds is 5. The number of hydrogen-bond acceptors (Lipinski definition) is 3. The number of anilines is 1. The molecule has 0 bridgehead atoms. The molecule has 1 aromatic carbocycles. The van der Waals surface area contributed by atoms with Gasteiger partial charge in [0.05, 0.1) is 5.54 Å². The van der Waals surface area contributed by atoms with E-state index < -0.39 is 18.1 Å². The highest BCUT2D eigenvalue weighted by Gasteiger charge is 2.32. The zero-order chi connectivity index (χ0) is 14.6. The molecule has 1 aromatic rings. The quantitative estimate of drug-likeness (QED) is 0.864. The summed E-state index contributed by atoms with van der Waals surface area (Å²) < 4.78 is 0. The van der Waals surface area contributed by atoms with Crippen molar-refractivity contribution < 1.29 is 14.7 Å². The fraction of sp³-hybridized carbons (Fsp3) is 0.385.